The van der Waals surface area contributed by atoms with E-state index in [-0.39, 0.29) is 18.4 Å². The standard InChI is InChI=1S/C20H21N3O3S/c1-27-16(8-10-18(24)25)4-2-3-13-11-21-12-14-5-9-17(23-19(13)14)20(26)22-15-6-7-15/h2-5,9,11-12,15H,6-8,10H2,1H3,(H,22,26)(H,24,25)/b3-2+,16-4-. The minimum Gasteiger partial charge on any atom is -0.481 e. The van der Waals surface area contributed by atoms with Gasteiger partial charge in [0.1, 0.15) is 5.69 Å². The van der Waals surface area contributed by atoms with Gasteiger partial charge in [-0.05, 0) is 42.6 Å². The Labute approximate surface area is 161 Å². The van der Waals surface area contributed by atoms with Crippen LogP contribution in [0.3, 0.4) is 0 Å². The van der Waals surface area contributed by atoms with Gasteiger partial charge in [-0.3, -0.25) is 14.6 Å². The normalized spacial score (nSPS) is 14.6. The quantitative estimate of drug-likeness (QED) is 0.676. The predicted octanol–water partition coefficient (Wildman–Crippen LogP) is 3.65. The van der Waals surface area contributed by atoms with Crippen molar-refractivity contribution >= 4 is 40.6 Å². The second kappa shape index (κ2) is 8.81. The van der Waals surface area contributed by atoms with Crippen LogP contribution in [0.15, 0.2) is 41.6 Å². The Morgan fingerprint density at radius 2 is 2.11 bits per heavy atom. The van der Waals surface area contributed by atoms with Gasteiger partial charge in [-0.2, -0.15) is 0 Å². The zero-order chi connectivity index (χ0) is 19.2. The number of aliphatic carboxylic acids is 1. The smallest absolute Gasteiger partial charge is 0.303 e. The molecule has 0 bridgehead atoms. The average Bonchev–Trinajstić information content (AvgIpc) is 3.48. The highest BCUT2D eigenvalue weighted by Crippen LogP contribution is 2.22. The summed E-state index contributed by atoms with van der Waals surface area (Å²) in [6.07, 6.45) is 13.7. The van der Waals surface area contributed by atoms with Gasteiger partial charge in [0.2, 0.25) is 0 Å². The van der Waals surface area contributed by atoms with E-state index in [9.17, 15) is 9.59 Å². The Kier molecular flexibility index (Phi) is 6.24. The molecule has 0 unspecified atom stereocenters. The van der Waals surface area contributed by atoms with Gasteiger partial charge in [0.25, 0.3) is 5.91 Å². The summed E-state index contributed by atoms with van der Waals surface area (Å²) in [6.45, 7) is 0. The highest BCUT2D eigenvalue weighted by molar-refractivity contribution is 8.02. The fourth-order valence-electron chi connectivity index (χ4n) is 2.54. The van der Waals surface area contributed by atoms with Crippen molar-refractivity contribution in [3.63, 3.8) is 0 Å². The molecule has 1 aliphatic carbocycles. The molecule has 2 aromatic rings. The van der Waals surface area contributed by atoms with Crippen molar-refractivity contribution in [2.75, 3.05) is 6.26 Å². The topological polar surface area (TPSA) is 92.2 Å². The first-order valence-electron chi connectivity index (χ1n) is 8.75. The van der Waals surface area contributed by atoms with Gasteiger partial charge in [-0.15, -0.1) is 11.8 Å². The number of carbonyl (C=O) groups excluding carboxylic acids is 1. The lowest BCUT2D eigenvalue weighted by Crippen LogP contribution is -2.26. The lowest BCUT2D eigenvalue weighted by Gasteiger charge is -2.06. The van der Waals surface area contributed by atoms with Crippen molar-refractivity contribution in [1.29, 1.82) is 0 Å². The third kappa shape index (κ3) is 5.40. The van der Waals surface area contributed by atoms with E-state index in [0.29, 0.717) is 17.6 Å². The molecule has 3 rings (SSSR count). The number of nitrogens with zero attached hydrogens (tertiary/aromatic N) is 2. The highest BCUT2D eigenvalue weighted by Gasteiger charge is 2.24. The van der Waals surface area contributed by atoms with Crippen LogP contribution in [-0.4, -0.2) is 39.2 Å². The van der Waals surface area contributed by atoms with Crippen molar-refractivity contribution in [3.8, 4) is 0 Å². The summed E-state index contributed by atoms with van der Waals surface area (Å²) in [5, 5.41) is 12.6. The number of carboxylic acid groups (broad SMARTS) is 1. The van der Waals surface area contributed by atoms with Crippen LogP contribution in [0.1, 0.15) is 41.7 Å². The maximum atomic E-state index is 12.3. The summed E-state index contributed by atoms with van der Waals surface area (Å²) >= 11 is 1.53. The summed E-state index contributed by atoms with van der Waals surface area (Å²) in [4.78, 5) is 32.7. The summed E-state index contributed by atoms with van der Waals surface area (Å²) in [5.74, 6) is -0.956. The number of carboxylic acids is 1. The van der Waals surface area contributed by atoms with E-state index >= 15 is 0 Å². The van der Waals surface area contributed by atoms with Crippen LogP contribution in [0.25, 0.3) is 17.0 Å². The van der Waals surface area contributed by atoms with Crippen LogP contribution in [-0.2, 0) is 4.79 Å². The Hall–Kier alpha value is -2.67. The van der Waals surface area contributed by atoms with Crippen LogP contribution in [0.5, 0.6) is 0 Å². The van der Waals surface area contributed by atoms with Gasteiger partial charge in [0.15, 0.2) is 0 Å². The van der Waals surface area contributed by atoms with E-state index in [0.717, 1.165) is 28.7 Å². The molecule has 0 aromatic carbocycles. The number of aromatic nitrogens is 2. The second-order valence-electron chi connectivity index (χ2n) is 6.33. The molecule has 0 aliphatic heterocycles. The van der Waals surface area contributed by atoms with E-state index in [1.165, 1.54) is 11.8 Å². The highest BCUT2D eigenvalue weighted by atomic mass is 32.2. The van der Waals surface area contributed by atoms with E-state index in [2.05, 4.69) is 15.3 Å². The summed E-state index contributed by atoms with van der Waals surface area (Å²) < 4.78 is 0. The summed E-state index contributed by atoms with van der Waals surface area (Å²) in [6, 6.07) is 3.85. The summed E-state index contributed by atoms with van der Waals surface area (Å²) in [5.41, 5.74) is 1.93. The van der Waals surface area contributed by atoms with Gasteiger partial charge in [0, 0.05) is 35.8 Å². The molecule has 1 aliphatic rings. The van der Waals surface area contributed by atoms with Crippen molar-refractivity contribution in [3.05, 3.63) is 52.8 Å². The SMILES string of the molecule is CS/C(=C\C=C\c1cncc2ccc(C(=O)NC3CC3)nc12)CCC(=O)O. The molecular weight excluding hydrogens is 362 g/mol. The molecule has 1 fully saturated rings. The van der Waals surface area contributed by atoms with Gasteiger partial charge in [0.05, 0.1) is 5.52 Å². The molecule has 140 valence electrons. The number of pyridine rings is 2. The number of allylic oxidation sites excluding steroid dienone is 3. The van der Waals surface area contributed by atoms with Crippen molar-refractivity contribution in [2.45, 2.75) is 31.7 Å². The molecule has 2 heterocycles. The molecular formula is C20H21N3O3S. The third-order valence-electron chi connectivity index (χ3n) is 4.18. The van der Waals surface area contributed by atoms with Crippen molar-refractivity contribution in [2.24, 2.45) is 0 Å². The summed E-state index contributed by atoms with van der Waals surface area (Å²) in [7, 11) is 0. The largest absolute Gasteiger partial charge is 0.481 e. The molecule has 2 N–H and O–H groups in total. The Balaban J connectivity index is 1.82. The van der Waals surface area contributed by atoms with Crippen LogP contribution in [0.2, 0.25) is 0 Å². The Morgan fingerprint density at radius 3 is 2.81 bits per heavy atom. The third-order valence-corrected chi connectivity index (χ3v) is 5.04. The lowest BCUT2D eigenvalue weighted by atomic mass is 10.1. The number of rotatable bonds is 8. The molecule has 1 saturated carbocycles. The van der Waals surface area contributed by atoms with Gasteiger partial charge >= 0.3 is 5.97 Å². The molecule has 27 heavy (non-hydrogen) atoms. The molecule has 7 heteroatoms. The Morgan fingerprint density at radius 1 is 1.30 bits per heavy atom. The van der Waals surface area contributed by atoms with Crippen LogP contribution in [0, 0.1) is 0 Å². The minimum atomic E-state index is -0.807. The number of amides is 1. The maximum absolute atomic E-state index is 12.3. The minimum absolute atomic E-state index is 0.108. The zero-order valence-electron chi connectivity index (χ0n) is 15.0. The zero-order valence-corrected chi connectivity index (χ0v) is 15.8. The molecule has 2 aromatic heterocycles. The fourth-order valence-corrected chi connectivity index (χ4v) is 3.06. The van der Waals surface area contributed by atoms with Gasteiger partial charge < -0.3 is 10.4 Å². The lowest BCUT2D eigenvalue weighted by molar-refractivity contribution is -0.136. The maximum Gasteiger partial charge on any atom is 0.303 e. The number of fused-ring (bicyclic) bond motifs is 1. The number of hydrogen-bond donors (Lipinski definition) is 2. The number of nitrogens with one attached hydrogen (secondary N) is 1. The molecule has 0 spiro atoms. The predicted molar refractivity (Wildman–Crippen MR) is 108 cm³/mol. The van der Waals surface area contributed by atoms with Crippen LogP contribution < -0.4 is 5.32 Å². The van der Waals surface area contributed by atoms with E-state index in [1.54, 1.807) is 18.5 Å². The van der Waals surface area contributed by atoms with E-state index < -0.39 is 5.97 Å². The number of thioether (sulfide) groups is 1. The average molecular weight is 383 g/mol. The molecule has 0 saturated heterocycles. The number of hydrogen-bond acceptors (Lipinski definition) is 5. The van der Waals surface area contributed by atoms with Crippen molar-refractivity contribution < 1.29 is 14.7 Å². The molecule has 6 nitrogen and oxygen atoms in total. The molecule has 0 atom stereocenters. The van der Waals surface area contributed by atoms with Crippen LogP contribution >= 0.6 is 11.8 Å². The van der Waals surface area contributed by atoms with Crippen LogP contribution in [0.4, 0.5) is 0 Å². The first-order chi connectivity index (χ1) is 13.1. The molecule has 1 amide bonds. The second-order valence-corrected chi connectivity index (χ2v) is 7.27. The van der Waals surface area contributed by atoms with E-state index in [1.807, 2.05) is 30.6 Å². The van der Waals surface area contributed by atoms with Gasteiger partial charge in [-0.1, -0.05) is 18.2 Å². The first-order valence-corrected chi connectivity index (χ1v) is 9.98. The monoisotopic (exact) mass is 383 g/mol. The first kappa shape index (κ1) is 19.1. The number of carbonyl (C=O) groups is 2. The fraction of sp³-hybridized carbons (Fsp3) is 0.300. The van der Waals surface area contributed by atoms with Crippen molar-refractivity contribution in [1.82, 2.24) is 15.3 Å². The van der Waals surface area contributed by atoms with Gasteiger partial charge in [-0.25, -0.2) is 4.98 Å². The molecule has 0 radical (unpaired) electrons. The Bertz CT molecular complexity index is 920. The van der Waals surface area contributed by atoms with E-state index in [4.69, 9.17) is 5.11 Å².